The quantitative estimate of drug-likeness (QED) is 0.483. The number of carbonyl (C=O) groups excluding carboxylic acids is 2. The van der Waals surface area contributed by atoms with Crippen molar-refractivity contribution in [2.24, 2.45) is 0 Å². The van der Waals surface area contributed by atoms with Gasteiger partial charge in [0.15, 0.2) is 0 Å². The molecule has 2 atom stereocenters. The van der Waals surface area contributed by atoms with Gasteiger partial charge in [0.2, 0.25) is 0 Å². The number of amides is 2. The molecule has 0 bridgehead atoms. The van der Waals surface area contributed by atoms with Crippen molar-refractivity contribution in [3.05, 3.63) is 94.8 Å². The predicted molar refractivity (Wildman–Crippen MR) is 113 cm³/mol. The van der Waals surface area contributed by atoms with Crippen LogP contribution in [0.25, 0.3) is 0 Å². The average Bonchev–Trinajstić information content (AvgIpc) is 2.74. The van der Waals surface area contributed by atoms with E-state index in [0.717, 1.165) is 5.56 Å². The second-order valence-corrected chi connectivity index (χ2v) is 7.62. The fourth-order valence-electron chi connectivity index (χ4n) is 3.43. The largest absolute Gasteiger partial charge is 0.345 e. The fourth-order valence-corrected chi connectivity index (χ4v) is 3.97. The van der Waals surface area contributed by atoms with Gasteiger partial charge in [-0.25, -0.2) is 0 Å². The highest BCUT2D eigenvalue weighted by atomic mass is 35.5. The minimum Gasteiger partial charge on any atom is -0.345 e. The molecule has 29 heavy (non-hydrogen) atoms. The van der Waals surface area contributed by atoms with E-state index in [-0.39, 0.29) is 17.9 Å². The Morgan fingerprint density at radius 2 is 1.79 bits per heavy atom. The summed E-state index contributed by atoms with van der Waals surface area (Å²) in [4.78, 5) is 31.3. The molecule has 2 aromatic carbocycles. The van der Waals surface area contributed by atoms with Crippen molar-refractivity contribution in [2.75, 3.05) is 4.90 Å². The molecule has 2 unspecified atom stereocenters. The first-order chi connectivity index (χ1) is 14.0. The molecule has 7 heteroatoms. The van der Waals surface area contributed by atoms with Gasteiger partial charge in [0.1, 0.15) is 5.50 Å². The zero-order valence-electron chi connectivity index (χ0n) is 15.3. The van der Waals surface area contributed by atoms with Crippen molar-refractivity contribution in [1.29, 1.82) is 0 Å². The van der Waals surface area contributed by atoms with E-state index in [1.54, 1.807) is 42.6 Å². The summed E-state index contributed by atoms with van der Waals surface area (Å²) in [5.41, 5.74) is 1.69. The molecule has 1 aromatic heterocycles. The molecule has 2 amide bonds. The number of carbonyl (C=O) groups is 2. The number of halogens is 2. The van der Waals surface area contributed by atoms with E-state index >= 15 is 0 Å². The van der Waals surface area contributed by atoms with Crippen LogP contribution in [-0.2, 0) is 0 Å². The van der Waals surface area contributed by atoms with Gasteiger partial charge in [-0.1, -0.05) is 47.5 Å². The maximum atomic E-state index is 13.1. The van der Waals surface area contributed by atoms with E-state index < -0.39 is 5.50 Å². The van der Waals surface area contributed by atoms with Crippen LogP contribution >= 0.6 is 23.2 Å². The number of aromatic nitrogens is 1. The number of benzene rings is 2. The Hall–Kier alpha value is -2.89. The Labute approximate surface area is 178 Å². The summed E-state index contributed by atoms with van der Waals surface area (Å²) in [6, 6.07) is 17.2. The van der Waals surface area contributed by atoms with Gasteiger partial charge in [-0.3, -0.25) is 19.5 Å². The Kier molecular flexibility index (Phi) is 5.51. The van der Waals surface area contributed by atoms with Crippen molar-refractivity contribution in [2.45, 2.75) is 18.0 Å². The molecule has 1 N–H and O–H groups in total. The maximum Gasteiger partial charge on any atom is 0.261 e. The molecular weight excluding hydrogens is 409 g/mol. The van der Waals surface area contributed by atoms with Crippen molar-refractivity contribution in [3.63, 3.8) is 0 Å². The van der Waals surface area contributed by atoms with Crippen LogP contribution in [-0.4, -0.2) is 22.3 Å². The third-order valence-electron chi connectivity index (χ3n) is 4.81. The maximum absolute atomic E-state index is 13.1. The van der Waals surface area contributed by atoms with Crippen LogP contribution in [0.2, 0.25) is 5.02 Å². The normalized spacial score (nSPS) is 18.1. The molecule has 1 aliphatic heterocycles. The number of fused-ring (bicyclic) bond motifs is 1. The third kappa shape index (κ3) is 3.97. The zero-order chi connectivity index (χ0) is 20.4. The summed E-state index contributed by atoms with van der Waals surface area (Å²) in [5, 5.41) is 3.50. The minimum atomic E-state index is -0.658. The summed E-state index contributed by atoms with van der Waals surface area (Å²) in [5.74, 6) is -0.471. The SMILES string of the molecule is O=C(NC1CC(Cl)N(C(=O)c2cccnc2)c2cc(Cl)ccc21)c1ccccc1. The summed E-state index contributed by atoms with van der Waals surface area (Å²) in [7, 11) is 0. The molecular formula is C22H17Cl2N3O2. The molecule has 2 heterocycles. The standard InChI is InChI=1S/C22H17Cl2N3O2/c23-16-8-9-17-18(26-21(28)14-5-2-1-3-6-14)12-20(24)27(19(17)11-16)22(29)15-7-4-10-25-13-15/h1-11,13,18,20H,12H2,(H,26,28). The van der Waals surface area contributed by atoms with E-state index in [2.05, 4.69) is 10.3 Å². The van der Waals surface area contributed by atoms with Gasteiger partial charge in [-0.15, -0.1) is 0 Å². The average molecular weight is 426 g/mol. The lowest BCUT2D eigenvalue weighted by Gasteiger charge is -2.38. The van der Waals surface area contributed by atoms with Crippen molar-refractivity contribution in [3.8, 4) is 0 Å². The number of nitrogens with zero attached hydrogens (tertiary/aromatic N) is 2. The van der Waals surface area contributed by atoms with Gasteiger partial charge in [0.05, 0.1) is 17.3 Å². The van der Waals surface area contributed by atoms with Crippen LogP contribution in [0.1, 0.15) is 38.7 Å². The van der Waals surface area contributed by atoms with E-state index in [1.807, 2.05) is 24.3 Å². The molecule has 0 saturated carbocycles. The lowest BCUT2D eigenvalue weighted by molar-refractivity contribution is 0.0932. The van der Waals surface area contributed by atoms with Crippen LogP contribution in [0.5, 0.6) is 0 Å². The molecule has 0 radical (unpaired) electrons. The fraction of sp³-hybridized carbons (Fsp3) is 0.136. The smallest absolute Gasteiger partial charge is 0.261 e. The van der Waals surface area contributed by atoms with Crippen LogP contribution in [0, 0.1) is 0 Å². The first-order valence-electron chi connectivity index (χ1n) is 9.07. The van der Waals surface area contributed by atoms with Crippen LogP contribution in [0.15, 0.2) is 73.1 Å². The topological polar surface area (TPSA) is 62.3 Å². The first kappa shape index (κ1) is 19.4. The molecule has 5 nitrogen and oxygen atoms in total. The second kappa shape index (κ2) is 8.23. The van der Waals surface area contributed by atoms with Crippen LogP contribution in [0.4, 0.5) is 5.69 Å². The Morgan fingerprint density at radius 3 is 2.52 bits per heavy atom. The highest BCUT2D eigenvalue weighted by Crippen LogP contribution is 2.40. The molecule has 0 fully saturated rings. The van der Waals surface area contributed by atoms with Gasteiger partial charge >= 0.3 is 0 Å². The minimum absolute atomic E-state index is 0.201. The Balaban J connectivity index is 1.69. The number of hydrogen-bond donors (Lipinski definition) is 1. The molecule has 1 aliphatic rings. The summed E-state index contributed by atoms with van der Waals surface area (Å²) in [6.07, 6.45) is 3.46. The second-order valence-electron chi connectivity index (χ2n) is 6.68. The molecule has 4 rings (SSSR count). The molecule has 0 spiro atoms. The van der Waals surface area contributed by atoms with E-state index in [0.29, 0.717) is 28.3 Å². The number of nitrogens with one attached hydrogen (secondary N) is 1. The van der Waals surface area contributed by atoms with Crippen LogP contribution in [0.3, 0.4) is 0 Å². The molecule has 3 aromatic rings. The Morgan fingerprint density at radius 1 is 1.03 bits per heavy atom. The lowest BCUT2D eigenvalue weighted by atomic mass is 9.95. The highest BCUT2D eigenvalue weighted by Gasteiger charge is 2.36. The highest BCUT2D eigenvalue weighted by molar-refractivity contribution is 6.31. The van der Waals surface area contributed by atoms with E-state index in [4.69, 9.17) is 23.2 Å². The summed E-state index contributed by atoms with van der Waals surface area (Å²) in [6.45, 7) is 0. The lowest BCUT2D eigenvalue weighted by Crippen LogP contribution is -2.45. The predicted octanol–water partition coefficient (Wildman–Crippen LogP) is 4.82. The first-order valence-corrected chi connectivity index (χ1v) is 9.89. The number of alkyl halides is 1. The number of anilines is 1. The van der Waals surface area contributed by atoms with Crippen molar-refractivity contribution >= 4 is 40.7 Å². The van der Waals surface area contributed by atoms with Crippen LogP contribution < -0.4 is 10.2 Å². The molecule has 0 aliphatic carbocycles. The van der Waals surface area contributed by atoms with Gasteiger partial charge in [-0.05, 0) is 42.0 Å². The van der Waals surface area contributed by atoms with Crippen molar-refractivity contribution in [1.82, 2.24) is 10.3 Å². The number of hydrogen-bond acceptors (Lipinski definition) is 3. The number of rotatable bonds is 3. The summed E-state index contributed by atoms with van der Waals surface area (Å²) >= 11 is 12.8. The Bertz CT molecular complexity index is 1040. The number of pyridine rings is 1. The van der Waals surface area contributed by atoms with Gasteiger partial charge < -0.3 is 5.32 Å². The third-order valence-corrected chi connectivity index (χ3v) is 5.41. The monoisotopic (exact) mass is 425 g/mol. The summed E-state index contributed by atoms with van der Waals surface area (Å²) < 4.78 is 0. The van der Waals surface area contributed by atoms with Crippen molar-refractivity contribution < 1.29 is 9.59 Å². The zero-order valence-corrected chi connectivity index (χ0v) is 16.8. The molecule has 0 saturated heterocycles. The molecule has 146 valence electrons. The van der Waals surface area contributed by atoms with Gasteiger partial charge in [-0.2, -0.15) is 0 Å². The van der Waals surface area contributed by atoms with E-state index in [1.165, 1.54) is 11.1 Å². The van der Waals surface area contributed by atoms with E-state index in [9.17, 15) is 9.59 Å². The van der Waals surface area contributed by atoms with Gasteiger partial charge in [0.25, 0.3) is 11.8 Å². The van der Waals surface area contributed by atoms with Gasteiger partial charge in [0, 0.05) is 29.4 Å².